The fourth-order valence-electron chi connectivity index (χ4n) is 1.80. The summed E-state index contributed by atoms with van der Waals surface area (Å²) in [6.45, 7) is 2.25. The Hall–Kier alpha value is -0.530. The average Bonchev–Trinajstić information content (AvgIpc) is 2.19. The highest BCUT2D eigenvalue weighted by atomic mass is 35.5. The molecule has 1 atom stereocenters. The molecule has 0 heterocycles. The molecule has 1 rings (SSSR count). The predicted octanol–water partition coefficient (Wildman–Crippen LogP) is 3.90. The van der Waals surface area contributed by atoms with E-state index in [0.717, 1.165) is 0 Å². The highest BCUT2D eigenvalue weighted by Gasteiger charge is 2.12. The number of hydrogen-bond donors (Lipinski definition) is 0. The Labute approximate surface area is 99.9 Å². The van der Waals surface area contributed by atoms with Crippen molar-refractivity contribution in [3.8, 4) is 0 Å². The lowest BCUT2D eigenvalue weighted by molar-refractivity contribution is 0.278. The molecule has 0 saturated carbocycles. The van der Waals surface area contributed by atoms with Gasteiger partial charge in [0.15, 0.2) is 0 Å². The van der Waals surface area contributed by atoms with E-state index in [1.807, 2.05) is 0 Å². The molecule has 15 heavy (non-hydrogen) atoms. The van der Waals surface area contributed by atoms with Crippen molar-refractivity contribution >= 4 is 12.4 Å². The normalized spacial score (nSPS) is 12.3. The molecule has 0 spiro atoms. The van der Waals surface area contributed by atoms with Gasteiger partial charge in [-0.1, -0.05) is 50.1 Å². The van der Waals surface area contributed by atoms with Crippen molar-refractivity contribution in [2.45, 2.75) is 32.2 Å². The van der Waals surface area contributed by atoms with Gasteiger partial charge in [0.2, 0.25) is 0 Å². The Morgan fingerprint density at radius 2 is 1.73 bits per heavy atom. The quantitative estimate of drug-likeness (QED) is 0.738. The number of hydrogen-bond acceptors (Lipinski definition) is 1. The Morgan fingerprint density at radius 1 is 1.13 bits per heavy atom. The van der Waals surface area contributed by atoms with Crippen molar-refractivity contribution in [3.63, 3.8) is 0 Å². The molecule has 0 amide bonds. The maximum atomic E-state index is 2.31. The summed E-state index contributed by atoms with van der Waals surface area (Å²) in [6.07, 6.45) is 3.84. The minimum Gasteiger partial charge on any atom is -0.302 e. The van der Waals surface area contributed by atoms with Crippen LogP contribution in [0.3, 0.4) is 0 Å². The lowest BCUT2D eigenvalue weighted by Gasteiger charge is -2.24. The number of halogens is 1. The molecule has 0 N–H and O–H groups in total. The second kappa shape index (κ2) is 7.72. The summed E-state index contributed by atoms with van der Waals surface area (Å²) in [4.78, 5) is 2.31. The zero-order valence-corrected chi connectivity index (χ0v) is 10.8. The van der Waals surface area contributed by atoms with Crippen LogP contribution in [0.4, 0.5) is 0 Å². The van der Waals surface area contributed by atoms with Crippen LogP contribution in [-0.2, 0) is 0 Å². The molecule has 2 heteroatoms. The predicted molar refractivity (Wildman–Crippen MR) is 69.6 cm³/mol. The number of benzene rings is 1. The second-order valence-electron chi connectivity index (χ2n) is 4.03. The van der Waals surface area contributed by atoms with Crippen LogP contribution in [0.15, 0.2) is 30.3 Å². The van der Waals surface area contributed by atoms with Gasteiger partial charge in [-0.3, -0.25) is 0 Å². The first kappa shape index (κ1) is 14.5. The fraction of sp³-hybridized carbons (Fsp3) is 0.538. The van der Waals surface area contributed by atoms with E-state index in [4.69, 9.17) is 0 Å². The van der Waals surface area contributed by atoms with Crippen LogP contribution >= 0.6 is 12.4 Å². The van der Waals surface area contributed by atoms with Crippen molar-refractivity contribution in [1.29, 1.82) is 0 Å². The van der Waals surface area contributed by atoms with Gasteiger partial charge >= 0.3 is 0 Å². The van der Waals surface area contributed by atoms with Crippen LogP contribution in [0.2, 0.25) is 0 Å². The monoisotopic (exact) mass is 227 g/mol. The van der Waals surface area contributed by atoms with Crippen LogP contribution in [-0.4, -0.2) is 19.0 Å². The minimum atomic E-state index is 0. The Bertz CT molecular complexity index is 246. The lowest BCUT2D eigenvalue weighted by Crippen LogP contribution is -2.19. The third-order valence-electron chi connectivity index (χ3n) is 2.64. The molecular weight excluding hydrogens is 206 g/mol. The van der Waals surface area contributed by atoms with E-state index in [9.17, 15) is 0 Å². The van der Waals surface area contributed by atoms with Gasteiger partial charge in [-0.2, -0.15) is 0 Å². The summed E-state index contributed by atoms with van der Waals surface area (Å²) in [7, 11) is 4.32. The summed E-state index contributed by atoms with van der Waals surface area (Å²) in [5, 5.41) is 0. The van der Waals surface area contributed by atoms with E-state index in [-0.39, 0.29) is 12.4 Å². The lowest BCUT2D eigenvalue weighted by atomic mass is 10.0. The molecule has 1 aromatic carbocycles. The highest BCUT2D eigenvalue weighted by molar-refractivity contribution is 5.85. The standard InChI is InChI=1S/C13H21N.ClH/c1-4-5-11-13(14(2)3)12-9-7-6-8-10-12;/h6-10,13H,4-5,11H2,1-3H3;1H. The molecule has 0 aliphatic heterocycles. The Morgan fingerprint density at radius 3 is 2.20 bits per heavy atom. The summed E-state index contributed by atoms with van der Waals surface area (Å²) in [5.74, 6) is 0. The zero-order chi connectivity index (χ0) is 10.4. The third kappa shape index (κ3) is 4.67. The van der Waals surface area contributed by atoms with Crippen LogP contribution in [0.5, 0.6) is 0 Å². The van der Waals surface area contributed by atoms with Crippen LogP contribution in [0.1, 0.15) is 37.8 Å². The molecule has 0 bridgehead atoms. The van der Waals surface area contributed by atoms with Crippen LogP contribution in [0, 0.1) is 0 Å². The SMILES string of the molecule is CCCCC(c1ccccc1)N(C)C.Cl. The van der Waals surface area contributed by atoms with Gasteiger partial charge in [-0.25, -0.2) is 0 Å². The van der Waals surface area contributed by atoms with Crippen LogP contribution < -0.4 is 0 Å². The summed E-state index contributed by atoms with van der Waals surface area (Å²) in [5.41, 5.74) is 1.44. The van der Waals surface area contributed by atoms with Gasteiger partial charge in [0, 0.05) is 6.04 Å². The second-order valence-corrected chi connectivity index (χ2v) is 4.03. The molecule has 86 valence electrons. The first-order valence-corrected chi connectivity index (χ1v) is 5.47. The number of rotatable bonds is 5. The van der Waals surface area contributed by atoms with E-state index in [0.29, 0.717) is 6.04 Å². The molecule has 0 saturated heterocycles. The van der Waals surface area contributed by atoms with E-state index in [1.165, 1.54) is 24.8 Å². The molecular formula is C13H22ClN. The number of unbranched alkanes of at least 4 members (excludes halogenated alkanes) is 1. The largest absolute Gasteiger partial charge is 0.302 e. The van der Waals surface area contributed by atoms with E-state index < -0.39 is 0 Å². The summed E-state index contributed by atoms with van der Waals surface area (Å²) in [6, 6.07) is 11.3. The molecule has 0 aromatic heterocycles. The van der Waals surface area contributed by atoms with Crippen molar-refractivity contribution in [2.24, 2.45) is 0 Å². The van der Waals surface area contributed by atoms with Gasteiger partial charge in [0.25, 0.3) is 0 Å². The smallest absolute Gasteiger partial charge is 0.0342 e. The maximum absolute atomic E-state index is 2.31. The molecule has 1 nitrogen and oxygen atoms in total. The zero-order valence-electron chi connectivity index (χ0n) is 9.94. The minimum absolute atomic E-state index is 0. The van der Waals surface area contributed by atoms with E-state index in [2.05, 4.69) is 56.3 Å². The van der Waals surface area contributed by atoms with E-state index in [1.54, 1.807) is 0 Å². The van der Waals surface area contributed by atoms with Crippen molar-refractivity contribution < 1.29 is 0 Å². The first-order valence-electron chi connectivity index (χ1n) is 5.47. The number of nitrogens with zero attached hydrogens (tertiary/aromatic N) is 1. The van der Waals surface area contributed by atoms with Crippen molar-refractivity contribution in [2.75, 3.05) is 14.1 Å². The average molecular weight is 228 g/mol. The topological polar surface area (TPSA) is 3.24 Å². The van der Waals surface area contributed by atoms with Crippen molar-refractivity contribution in [1.82, 2.24) is 4.90 Å². The molecule has 0 radical (unpaired) electrons. The van der Waals surface area contributed by atoms with Gasteiger partial charge in [0.1, 0.15) is 0 Å². The Balaban J connectivity index is 0.00000196. The summed E-state index contributed by atoms with van der Waals surface area (Å²) >= 11 is 0. The fourth-order valence-corrected chi connectivity index (χ4v) is 1.80. The molecule has 1 aromatic rings. The van der Waals surface area contributed by atoms with E-state index >= 15 is 0 Å². The van der Waals surface area contributed by atoms with Gasteiger partial charge in [-0.15, -0.1) is 12.4 Å². The van der Waals surface area contributed by atoms with Gasteiger partial charge < -0.3 is 4.90 Å². The first-order chi connectivity index (χ1) is 6.75. The van der Waals surface area contributed by atoms with Gasteiger partial charge in [-0.05, 0) is 26.1 Å². The molecule has 0 aliphatic rings. The molecule has 1 unspecified atom stereocenters. The summed E-state index contributed by atoms with van der Waals surface area (Å²) < 4.78 is 0. The maximum Gasteiger partial charge on any atom is 0.0342 e. The van der Waals surface area contributed by atoms with Crippen LogP contribution in [0.25, 0.3) is 0 Å². The van der Waals surface area contributed by atoms with Crippen molar-refractivity contribution in [3.05, 3.63) is 35.9 Å². The highest BCUT2D eigenvalue weighted by Crippen LogP contribution is 2.23. The third-order valence-corrected chi connectivity index (χ3v) is 2.64. The Kier molecular flexibility index (Phi) is 7.45. The molecule has 0 aliphatic carbocycles. The molecule has 0 fully saturated rings. The van der Waals surface area contributed by atoms with Gasteiger partial charge in [0.05, 0.1) is 0 Å².